The lowest BCUT2D eigenvalue weighted by atomic mass is 10.1. The van der Waals surface area contributed by atoms with Crippen molar-refractivity contribution in [2.75, 3.05) is 36.0 Å². The van der Waals surface area contributed by atoms with Gasteiger partial charge in [-0.1, -0.05) is 23.2 Å². The number of fused-ring (bicyclic) bond motifs is 1. The summed E-state index contributed by atoms with van der Waals surface area (Å²) in [6.07, 6.45) is 3.55. The van der Waals surface area contributed by atoms with Crippen LogP contribution in [0, 0.1) is 12.8 Å². The molecule has 5 rings (SSSR count). The predicted octanol–water partition coefficient (Wildman–Crippen LogP) is 3.07. The molecule has 0 saturated carbocycles. The number of halogens is 2. The summed E-state index contributed by atoms with van der Waals surface area (Å²) in [5.41, 5.74) is 2.95. The normalized spacial score (nSPS) is 20.8. The van der Waals surface area contributed by atoms with E-state index in [-0.39, 0.29) is 11.8 Å². The summed E-state index contributed by atoms with van der Waals surface area (Å²) in [7, 11) is 0. The highest BCUT2D eigenvalue weighted by molar-refractivity contribution is 6.34. The maximum atomic E-state index is 13.3. The molecule has 0 spiro atoms. The lowest BCUT2D eigenvalue weighted by Crippen LogP contribution is -2.39. The molecule has 0 radical (unpaired) electrons. The Balaban J connectivity index is 1.31. The number of aryl methyl sites for hydroxylation is 1. The molecule has 152 valence electrons. The van der Waals surface area contributed by atoms with E-state index < -0.39 is 0 Å². The van der Waals surface area contributed by atoms with Gasteiger partial charge in [-0.25, -0.2) is 15.0 Å². The fraction of sp³-hybridized carbons (Fsp3) is 0.500. The predicted molar refractivity (Wildman–Crippen MR) is 112 cm³/mol. The van der Waals surface area contributed by atoms with E-state index in [0.717, 1.165) is 54.6 Å². The first-order valence-corrected chi connectivity index (χ1v) is 10.7. The van der Waals surface area contributed by atoms with E-state index in [1.165, 1.54) is 6.42 Å². The van der Waals surface area contributed by atoms with E-state index in [1.807, 2.05) is 11.8 Å². The maximum absolute atomic E-state index is 13.3. The van der Waals surface area contributed by atoms with Crippen LogP contribution >= 0.6 is 23.2 Å². The minimum atomic E-state index is -0.0613. The van der Waals surface area contributed by atoms with Gasteiger partial charge in [-0.3, -0.25) is 4.79 Å². The van der Waals surface area contributed by atoms with Crippen LogP contribution in [0.4, 0.5) is 11.5 Å². The van der Waals surface area contributed by atoms with Crippen molar-refractivity contribution in [1.82, 2.24) is 19.9 Å². The van der Waals surface area contributed by atoms with Crippen LogP contribution in [-0.2, 0) is 17.9 Å². The standard InChI is InChI=1S/C20H22Cl2N6O/c1-12-24-16-11-28(10-14(16)19(25-12)26-4-2-5-26)20(29)13-3-6-27(9-13)17-7-18(22)23-8-15(17)21/h7-8,13H,2-6,9-11H2,1H3/t13-/m1/s1. The van der Waals surface area contributed by atoms with Gasteiger partial charge in [0.2, 0.25) is 5.91 Å². The number of nitrogens with zero attached hydrogens (tertiary/aromatic N) is 6. The molecule has 0 aliphatic carbocycles. The molecule has 2 aromatic heterocycles. The number of anilines is 2. The summed E-state index contributed by atoms with van der Waals surface area (Å²) in [4.78, 5) is 32.9. The van der Waals surface area contributed by atoms with Gasteiger partial charge >= 0.3 is 0 Å². The number of rotatable bonds is 3. The molecule has 2 saturated heterocycles. The van der Waals surface area contributed by atoms with Gasteiger partial charge in [0.15, 0.2) is 0 Å². The number of hydrogen-bond acceptors (Lipinski definition) is 6. The molecule has 2 aromatic rings. The zero-order valence-electron chi connectivity index (χ0n) is 16.2. The van der Waals surface area contributed by atoms with Gasteiger partial charge in [-0.05, 0) is 19.8 Å². The molecule has 1 amide bonds. The number of pyridine rings is 1. The second-order valence-electron chi connectivity index (χ2n) is 7.94. The molecule has 3 aliphatic rings. The van der Waals surface area contributed by atoms with Crippen LogP contribution in [0.3, 0.4) is 0 Å². The summed E-state index contributed by atoms with van der Waals surface area (Å²) < 4.78 is 0. The van der Waals surface area contributed by atoms with Gasteiger partial charge in [0.1, 0.15) is 16.8 Å². The molecular weight excluding hydrogens is 411 g/mol. The van der Waals surface area contributed by atoms with Crippen LogP contribution in [0.15, 0.2) is 12.3 Å². The summed E-state index contributed by atoms with van der Waals surface area (Å²) in [6, 6.07) is 1.76. The molecule has 1 atom stereocenters. The molecule has 2 fully saturated rings. The van der Waals surface area contributed by atoms with E-state index in [1.54, 1.807) is 12.3 Å². The molecule has 7 nitrogen and oxygen atoms in total. The smallest absolute Gasteiger partial charge is 0.228 e. The maximum Gasteiger partial charge on any atom is 0.228 e. The monoisotopic (exact) mass is 432 g/mol. The van der Waals surface area contributed by atoms with Crippen LogP contribution < -0.4 is 9.80 Å². The molecule has 0 N–H and O–H groups in total. The molecule has 0 bridgehead atoms. The summed E-state index contributed by atoms with van der Waals surface area (Å²) in [5.74, 6) is 1.90. The number of carbonyl (C=O) groups is 1. The minimum absolute atomic E-state index is 0.0613. The highest BCUT2D eigenvalue weighted by Crippen LogP contribution is 2.35. The fourth-order valence-corrected chi connectivity index (χ4v) is 4.76. The topological polar surface area (TPSA) is 65.5 Å². The van der Waals surface area contributed by atoms with Gasteiger partial charge in [0, 0.05) is 44.0 Å². The Hall–Kier alpha value is -2.12. The fourth-order valence-electron chi connectivity index (χ4n) is 4.39. The first-order chi connectivity index (χ1) is 14.0. The minimum Gasteiger partial charge on any atom is -0.369 e. The highest BCUT2D eigenvalue weighted by Gasteiger charge is 2.37. The zero-order valence-corrected chi connectivity index (χ0v) is 17.7. The third-order valence-electron chi connectivity index (χ3n) is 6.02. The van der Waals surface area contributed by atoms with Gasteiger partial charge in [-0.2, -0.15) is 0 Å². The number of carbonyl (C=O) groups excluding carboxylic acids is 1. The zero-order chi connectivity index (χ0) is 20.1. The van der Waals surface area contributed by atoms with E-state index in [4.69, 9.17) is 23.2 Å². The Kier molecular flexibility index (Phi) is 4.75. The number of hydrogen-bond donors (Lipinski definition) is 0. The molecule has 0 unspecified atom stereocenters. The number of aromatic nitrogens is 3. The average Bonchev–Trinajstić information content (AvgIpc) is 3.29. The third-order valence-corrected chi connectivity index (χ3v) is 6.52. The second kappa shape index (κ2) is 7.29. The number of amides is 1. The van der Waals surface area contributed by atoms with E-state index >= 15 is 0 Å². The molecule has 29 heavy (non-hydrogen) atoms. The van der Waals surface area contributed by atoms with Gasteiger partial charge in [0.05, 0.1) is 35.4 Å². The Morgan fingerprint density at radius 2 is 1.97 bits per heavy atom. The summed E-state index contributed by atoms with van der Waals surface area (Å²) in [5, 5.41) is 0.961. The van der Waals surface area contributed by atoms with E-state index in [9.17, 15) is 4.79 Å². The van der Waals surface area contributed by atoms with Crippen molar-refractivity contribution in [3.8, 4) is 0 Å². The Bertz CT molecular complexity index is 980. The molecular formula is C20H22Cl2N6O. The van der Waals surface area contributed by atoms with Crippen molar-refractivity contribution in [3.63, 3.8) is 0 Å². The van der Waals surface area contributed by atoms with Crippen molar-refractivity contribution in [3.05, 3.63) is 39.5 Å². The Morgan fingerprint density at radius 1 is 1.14 bits per heavy atom. The van der Waals surface area contributed by atoms with E-state index in [0.29, 0.717) is 29.8 Å². The molecule has 5 heterocycles. The van der Waals surface area contributed by atoms with Gasteiger partial charge < -0.3 is 14.7 Å². The first-order valence-electron chi connectivity index (χ1n) is 9.95. The summed E-state index contributed by atoms with van der Waals surface area (Å²) >= 11 is 12.3. The Labute approximate surface area is 179 Å². The van der Waals surface area contributed by atoms with Crippen LogP contribution in [0.1, 0.15) is 29.9 Å². The van der Waals surface area contributed by atoms with Crippen LogP contribution in [0.5, 0.6) is 0 Å². The molecule has 3 aliphatic heterocycles. The lowest BCUT2D eigenvalue weighted by Gasteiger charge is -2.33. The Morgan fingerprint density at radius 3 is 2.72 bits per heavy atom. The largest absolute Gasteiger partial charge is 0.369 e. The van der Waals surface area contributed by atoms with Crippen LogP contribution in [0.2, 0.25) is 10.2 Å². The molecule has 9 heteroatoms. The van der Waals surface area contributed by atoms with E-state index in [2.05, 4.69) is 24.8 Å². The third kappa shape index (κ3) is 3.40. The first kappa shape index (κ1) is 18.9. The second-order valence-corrected chi connectivity index (χ2v) is 8.74. The van der Waals surface area contributed by atoms with Gasteiger partial charge in [0.25, 0.3) is 0 Å². The van der Waals surface area contributed by atoms with Crippen LogP contribution in [-0.4, -0.2) is 51.9 Å². The summed E-state index contributed by atoms with van der Waals surface area (Å²) in [6.45, 7) is 6.56. The van der Waals surface area contributed by atoms with Crippen LogP contribution in [0.25, 0.3) is 0 Å². The van der Waals surface area contributed by atoms with Crippen molar-refractivity contribution < 1.29 is 4.79 Å². The molecule has 0 aromatic carbocycles. The van der Waals surface area contributed by atoms with Crippen molar-refractivity contribution in [2.45, 2.75) is 32.9 Å². The average molecular weight is 433 g/mol. The van der Waals surface area contributed by atoms with Crippen molar-refractivity contribution in [2.24, 2.45) is 5.92 Å². The highest BCUT2D eigenvalue weighted by atomic mass is 35.5. The lowest BCUT2D eigenvalue weighted by molar-refractivity contribution is -0.135. The SMILES string of the molecule is Cc1nc2c(c(N3CCC3)n1)CN(C(=O)[C@@H]1CCN(c3cc(Cl)ncc3Cl)C1)C2. The van der Waals surface area contributed by atoms with Crippen molar-refractivity contribution in [1.29, 1.82) is 0 Å². The van der Waals surface area contributed by atoms with Gasteiger partial charge in [-0.15, -0.1) is 0 Å². The quantitative estimate of drug-likeness (QED) is 0.694. The van der Waals surface area contributed by atoms with Crippen molar-refractivity contribution >= 4 is 40.6 Å².